The first-order valence-electron chi connectivity index (χ1n) is 8.72. The van der Waals surface area contributed by atoms with Crippen LogP contribution in [0.1, 0.15) is 30.7 Å². The van der Waals surface area contributed by atoms with E-state index in [0.29, 0.717) is 12.5 Å². The van der Waals surface area contributed by atoms with E-state index in [1.54, 1.807) is 0 Å². The Hall–Kier alpha value is -2.24. The second-order valence-electron chi connectivity index (χ2n) is 7.22. The predicted molar refractivity (Wildman–Crippen MR) is 91.0 cm³/mol. The van der Waals surface area contributed by atoms with Crippen LogP contribution in [0.5, 0.6) is 0 Å². The number of fused-ring (bicyclic) bond motifs is 3. The van der Waals surface area contributed by atoms with Crippen molar-refractivity contribution in [3.63, 3.8) is 0 Å². The molecule has 2 fully saturated rings. The van der Waals surface area contributed by atoms with Crippen LogP contribution in [0.3, 0.4) is 0 Å². The number of hydrogen-bond acceptors (Lipinski definition) is 2. The molecule has 0 unspecified atom stereocenters. The molecule has 130 valence electrons. The highest BCUT2D eigenvalue weighted by atomic mass is 19.4. The summed E-state index contributed by atoms with van der Waals surface area (Å²) in [5.41, 5.74) is 4.95. The molecule has 1 aliphatic carbocycles. The number of benzene rings is 1. The second kappa shape index (κ2) is 5.13. The van der Waals surface area contributed by atoms with Gasteiger partial charge in [0.15, 0.2) is 0 Å². The molecule has 3 heterocycles. The first-order valence-corrected chi connectivity index (χ1v) is 8.72. The molecule has 0 bridgehead atoms. The van der Waals surface area contributed by atoms with E-state index >= 15 is 0 Å². The van der Waals surface area contributed by atoms with Crippen LogP contribution in [-0.2, 0) is 0 Å². The molecule has 0 N–H and O–H groups in total. The van der Waals surface area contributed by atoms with Crippen molar-refractivity contribution in [1.82, 2.24) is 9.38 Å². The normalized spacial score (nSPS) is 21.6. The number of pyridine rings is 1. The van der Waals surface area contributed by atoms with Gasteiger partial charge in [-0.2, -0.15) is 13.2 Å². The fourth-order valence-corrected chi connectivity index (χ4v) is 3.85. The summed E-state index contributed by atoms with van der Waals surface area (Å²) in [5, 5.41) is 0. The predicted octanol–water partition coefficient (Wildman–Crippen LogP) is 4.75. The van der Waals surface area contributed by atoms with Crippen molar-refractivity contribution in [1.29, 1.82) is 0 Å². The molecule has 3 nitrogen and oxygen atoms in total. The van der Waals surface area contributed by atoms with Crippen molar-refractivity contribution in [3.05, 3.63) is 42.1 Å². The van der Waals surface area contributed by atoms with Crippen LogP contribution in [-0.4, -0.2) is 28.7 Å². The van der Waals surface area contributed by atoms with Gasteiger partial charge in [-0.25, -0.2) is 4.98 Å². The van der Waals surface area contributed by atoms with Gasteiger partial charge in [0.1, 0.15) is 5.65 Å². The number of nitrogens with zero attached hydrogens (tertiary/aromatic N) is 3. The van der Waals surface area contributed by atoms with Gasteiger partial charge in [-0.3, -0.25) is 4.40 Å². The Morgan fingerprint density at radius 3 is 2.60 bits per heavy atom. The van der Waals surface area contributed by atoms with Crippen LogP contribution in [0.15, 0.2) is 36.5 Å². The Kier molecular flexibility index (Phi) is 3.09. The molecule has 1 aromatic carbocycles. The standard InChI is InChI=1S/C19H18F3N3/c20-19(21,22)14-5-7-24(11-14)15-6-8-25-17-9-13(12-1-2-12)3-4-16(17)23-18(25)10-15/h3-4,6,8-10,12,14H,1-2,5,7,11H2/t14-/m1/s1. The van der Waals surface area contributed by atoms with Crippen molar-refractivity contribution in [3.8, 4) is 0 Å². The highest BCUT2D eigenvalue weighted by Crippen LogP contribution is 2.41. The molecule has 1 atom stereocenters. The molecule has 5 rings (SSSR count). The van der Waals surface area contributed by atoms with Gasteiger partial charge in [-0.05, 0) is 48.9 Å². The fraction of sp³-hybridized carbons (Fsp3) is 0.421. The van der Waals surface area contributed by atoms with Crippen LogP contribution in [0.2, 0.25) is 0 Å². The highest BCUT2D eigenvalue weighted by molar-refractivity contribution is 5.82. The average Bonchev–Trinajstić information content (AvgIpc) is 3.18. The molecule has 6 heteroatoms. The Balaban J connectivity index is 1.51. The van der Waals surface area contributed by atoms with Crippen molar-refractivity contribution in [2.24, 2.45) is 5.92 Å². The molecule has 1 saturated heterocycles. The summed E-state index contributed by atoms with van der Waals surface area (Å²) in [6.07, 6.45) is 0.483. The van der Waals surface area contributed by atoms with Gasteiger partial charge in [0.05, 0.1) is 17.0 Å². The molecule has 3 aromatic rings. The summed E-state index contributed by atoms with van der Waals surface area (Å²) in [6.45, 7) is 0.470. The van der Waals surface area contributed by atoms with Gasteiger partial charge < -0.3 is 4.90 Å². The van der Waals surface area contributed by atoms with Crippen molar-refractivity contribution >= 4 is 22.4 Å². The second-order valence-corrected chi connectivity index (χ2v) is 7.22. The van der Waals surface area contributed by atoms with Crippen LogP contribution in [0.25, 0.3) is 16.7 Å². The summed E-state index contributed by atoms with van der Waals surface area (Å²) >= 11 is 0. The minimum Gasteiger partial charge on any atom is -0.371 e. The summed E-state index contributed by atoms with van der Waals surface area (Å²) in [6, 6.07) is 10.2. The molecule has 2 aliphatic rings. The Labute approximate surface area is 143 Å². The van der Waals surface area contributed by atoms with Gasteiger partial charge in [-0.15, -0.1) is 0 Å². The number of aromatic nitrogens is 2. The van der Waals surface area contributed by atoms with E-state index in [1.807, 2.05) is 33.7 Å². The molecule has 0 spiro atoms. The van der Waals surface area contributed by atoms with Crippen LogP contribution < -0.4 is 4.90 Å². The molecule has 1 aliphatic heterocycles. The maximum atomic E-state index is 12.9. The van der Waals surface area contributed by atoms with E-state index in [9.17, 15) is 13.2 Å². The molecule has 25 heavy (non-hydrogen) atoms. The fourth-order valence-electron chi connectivity index (χ4n) is 3.85. The number of hydrogen-bond donors (Lipinski definition) is 0. The molecule has 1 saturated carbocycles. The number of rotatable bonds is 2. The SMILES string of the molecule is FC(F)(F)[C@@H]1CCN(c2ccn3c(c2)nc2ccc(C4CC4)cc23)C1. The molecule has 2 aromatic heterocycles. The van der Waals surface area contributed by atoms with Crippen molar-refractivity contribution in [2.75, 3.05) is 18.0 Å². The zero-order valence-corrected chi connectivity index (χ0v) is 13.6. The van der Waals surface area contributed by atoms with E-state index < -0.39 is 12.1 Å². The number of alkyl halides is 3. The topological polar surface area (TPSA) is 20.5 Å². The van der Waals surface area contributed by atoms with E-state index in [4.69, 9.17) is 0 Å². The van der Waals surface area contributed by atoms with Crippen LogP contribution in [0, 0.1) is 5.92 Å². The third-order valence-corrected chi connectivity index (χ3v) is 5.48. The lowest BCUT2D eigenvalue weighted by molar-refractivity contribution is -0.168. The first kappa shape index (κ1) is 15.0. The molecular weight excluding hydrogens is 327 g/mol. The first-order chi connectivity index (χ1) is 12.0. The third-order valence-electron chi connectivity index (χ3n) is 5.48. The van der Waals surface area contributed by atoms with Gasteiger partial charge >= 0.3 is 6.18 Å². The van der Waals surface area contributed by atoms with Gasteiger partial charge in [-0.1, -0.05) is 6.07 Å². The lowest BCUT2D eigenvalue weighted by Gasteiger charge is -2.19. The lowest BCUT2D eigenvalue weighted by Crippen LogP contribution is -2.27. The maximum absolute atomic E-state index is 12.9. The quantitative estimate of drug-likeness (QED) is 0.668. The van der Waals surface area contributed by atoms with Gasteiger partial charge in [0.2, 0.25) is 0 Å². The number of imidazole rings is 1. The monoisotopic (exact) mass is 345 g/mol. The van der Waals surface area contributed by atoms with E-state index in [0.717, 1.165) is 22.4 Å². The average molecular weight is 345 g/mol. The van der Waals surface area contributed by atoms with E-state index in [2.05, 4.69) is 17.1 Å². The zero-order chi connectivity index (χ0) is 17.2. The van der Waals surface area contributed by atoms with E-state index in [-0.39, 0.29) is 13.0 Å². The highest BCUT2D eigenvalue weighted by Gasteiger charge is 2.43. The van der Waals surface area contributed by atoms with Crippen molar-refractivity contribution in [2.45, 2.75) is 31.4 Å². The molecular formula is C19H18F3N3. The molecule has 0 radical (unpaired) electrons. The zero-order valence-electron chi connectivity index (χ0n) is 13.6. The van der Waals surface area contributed by atoms with Crippen LogP contribution >= 0.6 is 0 Å². The Bertz CT molecular complexity index is 956. The largest absolute Gasteiger partial charge is 0.393 e. The minimum absolute atomic E-state index is 0.0335. The molecule has 0 amide bonds. The Morgan fingerprint density at radius 1 is 1.04 bits per heavy atom. The minimum atomic E-state index is -4.11. The summed E-state index contributed by atoms with van der Waals surface area (Å²) < 4.78 is 40.8. The summed E-state index contributed by atoms with van der Waals surface area (Å²) in [7, 11) is 0. The van der Waals surface area contributed by atoms with Gasteiger partial charge in [0.25, 0.3) is 0 Å². The van der Waals surface area contributed by atoms with Gasteiger partial charge in [0, 0.05) is 31.0 Å². The van der Waals surface area contributed by atoms with E-state index in [1.165, 1.54) is 18.4 Å². The number of anilines is 1. The smallest absolute Gasteiger partial charge is 0.371 e. The number of halogens is 3. The summed E-state index contributed by atoms with van der Waals surface area (Å²) in [5.74, 6) is -0.554. The van der Waals surface area contributed by atoms with Crippen molar-refractivity contribution < 1.29 is 13.2 Å². The summed E-state index contributed by atoms with van der Waals surface area (Å²) in [4.78, 5) is 6.46. The maximum Gasteiger partial charge on any atom is 0.393 e. The Morgan fingerprint density at radius 2 is 1.88 bits per heavy atom. The van der Waals surface area contributed by atoms with Crippen LogP contribution in [0.4, 0.5) is 18.9 Å². The third kappa shape index (κ3) is 2.55. The lowest BCUT2D eigenvalue weighted by atomic mass is 10.1.